The second kappa shape index (κ2) is 5.50. The second-order valence-corrected chi connectivity index (χ2v) is 5.38. The van der Waals surface area contributed by atoms with Crippen LogP contribution in [0.3, 0.4) is 0 Å². The molecule has 0 aliphatic rings. The quantitative estimate of drug-likeness (QED) is 0.424. The Morgan fingerprint density at radius 3 is 2.18 bits per heavy atom. The molecule has 1 radical (unpaired) electrons. The van der Waals surface area contributed by atoms with Crippen LogP contribution in [0.1, 0.15) is 0 Å². The largest absolute Gasteiger partial charge is 0.0622 e. The van der Waals surface area contributed by atoms with Crippen molar-refractivity contribution in [2.75, 3.05) is 0 Å². The van der Waals surface area contributed by atoms with Crippen molar-refractivity contribution in [1.82, 2.24) is 0 Å². The lowest BCUT2D eigenvalue weighted by atomic mass is 9.95. The molecule has 0 unspecified atom stereocenters. The van der Waals surface area contributed by atoms with Gasteiger partial charge >= 0.3 is 0 Å². The third-order valence-electron chi connectivity index (χ3n) is 3.99. The molecule has 0 heteroatoms. The molecule has 4 aromatic carbocycles. The molecule has 0 aliphatic heterocycles. The third-order valence-corrected chi connectivity index (χ3v) is 3.99. The predicted molar refractivity (Wildman–Crippen MR) is 93.7 cm³/mol. The molecular weight excluding hydrogens is 264 g/mol. The summed E-state index contributed by atoms with van der Waals surface area (Å²) in [6.45, 7) is 0. The summed E-state index contributed by atoms with van der Waals surface area (Å²) in [5.74, 6) is 0. The fourth-order valence-electron chi connectivity index (χ4n) is 2.90. The molecule has 103 valence electrons. The highest BCUT2D eigenvalue weighted by Crippen LogP contribution is 2.31. The Kier molecular flexibility index (Phi) is 3.21. The summed E-state index contributed by atoms with van der Waals surface area (Å²) in [6, 6.07) is 35.1. The first-order valence-corrected chi connectivity index (χ1v) is 7.47. The summed E-state index contributed by atoms with van der Waals surface area (Å²) in [6.07, 6.45) is 0. The standard InChI is InChI=1S/C22H15/c1-2-8-17(9-3-1)19-12-6-13-20(16-19)22-15-7-11-18-10-4-5-14-21(18)22/h1-10,12-16H. The summed E-state index contributed by atoms with van der Waals surface area (Å²) in [5.41, 5.74) is 4.99. The third kappa shape index (κ3) is 2.29. The van der Waals surface area contributed by atoms with Crippen LogP contribution in [0, 0.1) is 6.07 Å². The van der Waals surface area contributed by atoms with Gasteiger partial charge in [-0.15, -0.1) is 0 Å². The number of rotatable bonds is 2. The topological polar surface area (TPSA) is 0 Å². The Morgan fingerprint density at radius 1 is 0.545 bits per heavy atom. The van der Waals surface area contributed by atoms with E-state index in [9.17, 15) is 0 Å². The Bertz CT molecular complexity index is 915. The molecule has 4 rings (SSSR count). The predicted octanol–water partition coefficient (Wildman–Crippen LogP) is 5.97. The van der Waals surface area contributed by atoms with Gasteiger partial charge in [0.25, 0.3) is 0 Å². The Balaban J connectivity index is 1.89. The Hall–Kier alpha value is -2.86. The first-order valence-electron chi connectivity index (χ1n) is 7.47. The van der Waals surface area contributed by atoms with Crippen molar-refractivity contribution < 1.29 is 0 Å². The summed E-state index contributed by atoms with van der Waals surface area (Å²) >= 11 is 0. The zero-order valence-electron chi connectivity index (χ0n) is 12.2. The minimum atomic E-state index is 1.16. The van der Waals surface area contributed by atoms with Crippen molar-refractivity contribution in [3.63, 3.8) is 0 Å². The van der Waals surface area contributed by atoms with Crippen LogP contribution in [-0.4, -0.2) is 0 Å². The van der Waals surface area contributed by atoms with Crippen LogP contribution >= 0.6 is 0 Å². The van der Waals surface area contributed by atoms with E-state index in [0.717, 1.165) is 5.39 Å². The molecule has 0 amide bonds. The minimum Gasteiger partial charge on any atom is -0.0622 e. The van der Waals surface area contributed by atoms with Gasteiger partial charge in [0.1, 0.15) is 0 Å². The van der Waals surface area contributed by atoms with Gasteiger partial charge in [0.05, 0.1) is 0 Å². The second-order valence-electron chi connectivity index (χ2n) is 5.38. The molecule has 0 saturated heterocycles. The molecule has 0 aromatic heterocycles. The van der Waals surface area contributed by atoms with E-state index in [0.29, 0.717) is 0 Å². The van der Waals surface area contributed by atoms with Crippen molar-refractivity contribution in [3.8, 4) is 22.3 Å². The zero-order valence-corrected chi connectivity index (χ0v) is 12.2. The van der Waals surface area contributed by atoms with Gasteiger partial charge in [-0.1, -0.05) is 84.9 Å². The van der Waals surface area contributed by atoms with E-state index in [1.807, 2.05) is 12.1 Å². The number of hydrogen-bond acceptors (Lipinski definition) is 0. The Labute approximate surface area is 130 Å². The fraction of sp³-hybridized carbons (Fsp3) is 0. The van der Waals surface area contributed by atoms with Crippen LogP contribution < -0.4 is 0 Å². The van der Waals surface area contributed by atoms with Crippen molar-refractivity contribution in [3.05, 3.63) is 97.1 Å². The van der Waals surface area contributed by atoms with Gasteiger partial charge in [-0.3, -0.25) is 0 Å². The number of hydrogen-bond donors (Lipinski definition) is 0. The van der Waals surface area contributed by atoms with E-state index in [4.69, 9.17) is 0 Å². The highest BCUT2D eigenvalue weighted by atomic mass is 14.1. The molecule has 0 saturated carbocycles. The van der Waals surface area contributed by atoms with Crippen LogP contribution in [0.4, 0.5) is 0 Å². The lowest BCUT2D eigenvalue weighted by Gasteiger charge is -2.09. The average molecular weight is 279 g/mol. The lowest BCUT2D eigenvalue weighted by Crippen LogP contribution is -1.83. The molecule has 0 spiro atoms. The molecule has 4 aromatic rings. The smallest absolute Gasteiger partial charge is 0.00987 e. The lowest BCUT2D eigenvalue weighted by molar-refractivity contribution is 1.60. The van der Waals surface area contributed by atoms with Crippen LogP contribution in [-0.2, 0) is 0 Å². The van der Waals surface area contributed by atoms with Crippen molar-refractivity contribution >= 4 is 10.8 Å². The maximum absolute atomic E-state index is 3.31. The molecule has 0 nitrogen and oxygen atoms in total. The number of fused-ring (bicyclic) bond motifs is 1. The van der Waals surface area contributed by atoms with Gasteiger partial charge in [-0.2, -0.15) is 0 Å². The van der Waals surface area contributed by atoms with Gasteiger partial charge in [0.2, 0.25) is 0 Å². The molecule has 22 heavy (non-hydrogen) atoms. The molecule has 0 atom stereocenters. The van der Waals surface area contributed by atoms with Gasteiger partial charge in [-0.05, 0) is 45.2 Å². The average Bonchev–Trinajstić information content (AvgIpc) is 2.62. The molecule has 0 fully saturated rings. The normalized spacial score (nSPS) is 10.7. The molecule has 0 bridgehead atoms. The van der Waals surface area contributed by atoms with E-state index in [1.165, 1.54) is 27.6 Å². The highest BCUT2D eigenvalue weighted by Gasteiger charge is 2.05. The summed E-state index contributed by atoms with van der Waals surface area (Å²) in [5, 5.41) is 2.40. The van der Waals surface area contributed by atoms with E-state index >= 15 is 0 Å². The summed E-state index contributed by atoms with van der Waals surface area (Å²) < 4.78 is 0. The van der Waals surface area contributed by atoms with Crippen molar-refractivity contribution in [2.45, 2.75) is 0 Å². The van der Waals surface area contributed by atoms with Gasteiger partial charge in [0.15, 0.2) is 0 Å². The molecule has 0 N–H and O–H groups in total. The van der Waals surface area contributed by atoms with Crippen molar-refractivity contribution in [1.29, 1.82) is 0 Å². The van der Waals surface area contributed by atoms with E-state index in [-0.39, 0.29) is 0 Å². The van der Waals surface area contributed by atoms with Crippen LogP contribution in [0.25, 0.3) is 33.0 Å². The van der Waals surface area contributed by atoms with Crippen LogP contribution in [0.15, 0.2) is 91.0 Å². The van der Waals surface area contributed by atoms with E-state index in [1.54, 1.807) is 0 Å². The summed E-state index contributed by atoms with van der Waals surface area (Å²) in [7, 11) is 0. The maximum Gasteiger partial charge on any atom is -0.00987 e. The fourth-order valence-corrected chi connectivity index (χ4v) is 2.90. The summed E-state index contributed by atoms with van der Waals surface area (Å²) in [4.78, 5) is 0. The first-order chi connectivity index (χ1) is 10.9. The Morgan fingerprint density at radius 2 is 1.27 bits per heavy atom. The first kappa shape index (κ1) is 12.8. The molecule has 0 heterocycles. The van der Waals surface area contributed by atoms with Gasteiger partial charge < -0.3 is 0 Å². The minimum absolute atomic E-state index is 1.16. The van der Waals surface area contributed by atoms with Crippen LogP contribution in [0.2, 0.25) is 0 Å². The molecular formula is C22H15. The number of benzene rings is 4. The van der Waals surface area contributed by atoms with Crippen molar-refractivity contribution in [2.24, 2.45) is 0 Å². The maximum atomic E-state index is 3.31. The van der Waals surface area contributed by atoms with Gasteiger partial charge in [0, 0.05) is 0 Å². The molecule has 0 aliphatic carbocycles. The van der Waals surface area contributed by atoms with Gasteiger partial charge in [-0.25, -0.2) is 0 Å². The van der Waals surface area contributed by atoms with Crippen LogP contribution in [0.5, 0.6) is 0 Å². The zero-order chi connectivity index (χ0) is 14.8. The van der Waals surface area contributed by atoms with E-state index < -0.39 is 0 Å². The monoisotopic (exact) mass is 279 g/mol. The highest BCUT2D eigenvalue weighted by molar-refractivity contribution is 5.96. The van der Waals surface area contributed by atoms with E-state index in [2.05, 4.69) is 84.9 Å². The SMILES string of the molecule is [c]1ccc(-c2cccc(-c3ccccc3)c2)c2ccccc12.